The monoisotopic (exact) mass is 478 g/mol. The molecule has 2 saturated heterocycles. The van der Waals surface area contributed by atoms with Crippen molar-refractivity contribution in [1.82, 2.24) is 25.8 Å². The number of aliphatic imine (C=N–C) groups is 1. The number of carbonyl (C=O) groups is 2. The van der Waals surface area contributed by atoms with Gasteiger partial charge >= 0.3 is 6.03 Å². The first-order chi connectivity index (χ1) is 11.9. The number of piperidine rings is 1. The van der Waals surface area contributed by atoms with E-state index in [4.69, 9.17) is 0 Å². The van der Waals surface area contributed by atoms with Gasteiger partial charge in [-0.3, -0.25) is 15.1 Å². The first-order valence-corrected chi connectivity index (χ1v) is 9.23. The number of hydrogen-bond donors (Lipinski definition) is 3. The lowest BCUT2D eigenvalue weighted by Crippen LogP contribution is -2.55. The molecule has 3 rings (SSSR count). The molecule has 3 N–H and O–H groups in total. The summed E-state index contributed by atoms with van der Waals surface area (Å²) in [6.07, 6.45) is 4.35. The number of carbonyl (C=O) groups excluding carboxylic acids is 2. The average molecular weight is 478 g/mol. The molecule has 3 fully saturated rings. The van der Waals surface area contributed by atoms with Crippen molar-refractivity contribution in [2.24, 2.45) is 10.9 Å². The van der Waals surface area contributed by atoms with Gasteiger partial charge in [-0.2, -0.15) is 0 Å². The van der Waals surface area contributed by atoms with Crippen LogP contribution in [-0.4, -0.2) is 79.6 Å². The summed E-state index contributed by atoms with van der Waals surface area (Å²) >= 11 is 0. The Kier molecular flexibility index (Phi) is 7.12. The molecule has 1 saturated carbocycles. The van der Waals surface area contributed by atoms with Crippen LogP contribution in [0.25, 0.3) is 0 Å². The van der Waals surface area contributed by atoms with Crippen LogP contribution in [0.1, 0.15) is 32.6 Å². The Hall–Kier alpha value is -1.10. The second-order valence-corrected chi connectivity index (χ2v) is 7.56. The van der Waals surface area contributed by atoms with Gasteiger partial charge in [0.1, 0.15) is 5.54 Å². The smallest absolute Gasteiger partial charge is 0.322 e. The molecule has 8 nitrogen and oxygen atoms in total. The molecular weight excluding hydrogens is 447 g/mol. The minimum Gasteiger partial charge on any atom is -0.355 e. The molecule has 9 heteroatoms. The molecule has 0 bridgehead atoms. The molecular formula is C17H31IN6O2. The molecule has 0 aromatic heterocycles. The molecule has 1 unspecified atom stereocenters. The van der Waals surface area contributed by atoms with Crippen molar-refractivity contribution >= 4 is 41.9 Å². The van der Waals surface area contributed by atoms with Crippen molar-refractivity contribution in [2.75, 3.05) is 40.3 Å². The largest absolute Gasteiger partial charge is 0.355 e. The van der Waals surface area contributed by atoms with E-state index in [9.17, 15) is 9.59 Å². The Labute approximate surface area is 172 Å². The Balaban J connectivity index is 0.00000243. The summed E-state index contributed by atoms with van der Waals surface area (Å²) in [5.74, 6) is 0.864. The predicted octanol–water partition coefficient (Wildman–Crippen LogP) is 0.584. The molecule has 0 aromatic rings. The van der Waals surface area contributed by atoms with E-state index >= 15 is 0 Å². The fourth-order valence-electron chi connectivity index (χ4n) is 3.89. The number of nitrogens with one attached hydrogen (secondary N) is 3. The van der Waals surface area contributed by atoms with Crippen LogP contribution in [-0.2, 0) is 4.79 Å². The van der Waals surface area contributed by atoms with Crippen LogP contribution in [0, 0.1) is 5.92 Å². The van der Waals surface area contributed by atoms with E-state index in [0.29, 0.717) is 0 Å². The van der Waals surface area contributed by atoms with Gasteiger partial charge in [0, 0.05) is 39.3 Å². The molecule has 1 aliphatic carbocycles. The van der Waals surface area contributed by atoms with Crippen molar-refractivity contribution in [3.05, 3.63) is 0 Å². The third-order valence-corrected chi connectivity index (χ3v) is 5.81. The number of hydrogen-bond acceptors (Lipinski definition) is 4. The molecule has 1 atom stereocenters. The van der Waals surface area contributed by atoms with Crippen LogP contribution >= 0.6 is 24.0 Å². The first-order valence-electron chi connectivity index (χ1n) is 9.23. The van der Waals surface area contributed by atoms with Crippen LogP contribution in [0.4, 0.5) is 4.79 Å². The summed E-state index contributed by atoms with van der Waals surface area (Å²) in [4.78, 5) is 32.6. The van der Waals surface area contributed by atoms with E-state index < -0.39 is 5.54 Å². The van der Waals surface area contributed by atoms with Crippen molar-refractivity contribution in [1.29, 1.82) is 0 Å². The van der Waals surface area contributed by atoms with Gasteiger partial charge in [0.2, 0.25) is 0 Å². The topological polar surface area (TPSA) is 89.1 Å². The Morgan fingerprint density at radius 3 is 2.46 bits per heavy atom. The molecule has 2 aliphatic heterocycles. The minimum atomic E-state index is -0.785. The van der Waals surface area contributed by atoms with Gasteiger partial charge in [-0.1, -0.05) is 0 Å². The fraction of sp³-hybridized carbons (Fsp3) is 0.824. The Morgan fingerprint density at radius 1 is 1.31 bits per heavy atom. The maximum Gasteiger partial charge on any atom is 0.322 e. The van der Waals surface area contributed by atoms with Gasteiger partial charge < -0.3 is 20.4 Å². The van der Waals surface area contributed by atoms with E-state index in [0.717, 1.165) is 51.0 Å². The highest BCUT2D eigenvalue weighted by Gasteiger charge is 2.48. The van der Waals surface area contributed by atoms with Crippen molar-refractivity contribution in [3.63, 3.8) is 0 Å². The van der Waals surface area contributed by atoms with Gasteiger partial charge in [-0.15, -0.1) is 24.0 Å². The standard InChI is InChI=1S/C17H30N6O2.HI/c1-17(14(24)20-16(25)21-17)12-6-9-23(10-7-12)15(18-2)19-8-11-22(3)13-4-5-13;/h12-13H,4-11H2,1-3H3,(H,18,19)(H2,20,21,24,25);1H. The lowest BCUT2D eigenvalue weighted by molar-refractivity contribution is -0.125. The number of nitrogens with zero attached hydrogens (tertiary/aromatic N) is 3. The van der Waals surface area contributed by atoms with Gasteiger partial charge in [0.25, 0.3) is 5.91 Å². The first kappa shape index (κ1) is 21.2. The van der Waals surface area contributed by atoms with Crippen LogP contribution in [0.5, 0.6) is 0 Å². The van der Waals surface area contributed by atoms with E-state index in [1.165, 1.54) is 12.8 Å². The zero-order chi connectivity index (χ0) is 18.0. The molecule has 2 heterocycles. The molecule has 26 heavy (non-hydrogen) atoms. The number of rotatable bonds is 5. The highest BCUT2D eigenvalue weighted by atomic mass is 127. The quantitative estimate of drug-likeness (QED) is 0.233. The number of amides is 3. The van der Waals surface area contributed by atoms with E-state index in [-0.39, 0.29) is 41.8 Å². The van der Waals surface area contributed by atoms with E-state index in [2.05, 4.69) is 37.8 Å². The highest BCUT2D eigenvalue weighted by Crippen LogP contribution is 2.30. The van der Waals surface area contributed by atoms with Gasteiger partial charge in [0.15, 0.2) is 5.96 Å². The zero-order valence-corrected chi connectivity index (χ0v) is 18.2. The minimum absolute atomic E-state index is 0. The maximum absolute atomic E-state index is 12.1. The summed E-state index contributed by atoms with van der Waals surface area (Å²) < 4.78 is 0. The van der Waals surface area contributed by atoms with Gasteiger partial charge in [-0.25, -0.2) is 4.79 Å². The second-order valence-electron chi connectivity index (χ2n) is 7.56. The summed E-state index contributed by atoms with van der Waals surface area (Å²) in [6, 6.07) is 0.389. The summed E-state index contributed by atoms with van der Waals surface area (Å²) in [5, 5.41) is 8.61. The highest BCUT2D eigenvalue weighted by molar-refractivity contribution is 14.0. The van der Waals surface area contributed by atoms with E-state index in [1.807, 2.05) is 14.0 Å². The number of halogens is 1. The zero-order valence-electron chi connectivity index (χ0n) is 15.9. The molecule has 3 aliphatic rings. The number of urea groups is 1. The number of likely N-dealkylation sites (tertiary alicyclic amines) is 1. The summed E-state index contributed by atoms with van der Waals surface area (Å²) in [7, 11) is 3.99. The van der Waals surface area contributed by atoms with Crippen LogP contribution in [0.15, 0.2) is 4.99 Å². The summed E-state index contributed by atoms with van der Waals surface area (Å²) in [5.41, 5.74) is -0.785. The third kappa shape index (κ3) is 4.59. The Bertz CT molecular complexity index is 559. The molecule has 0 radical (unpaired) electrons. The van der Waals surface area contributed by atoms with Crippen molar-refractivity contribution < 1.29 is 9.59 Å². The Morgan fingerprint density at radius 2 is 1.96 bits per heavy atom. The number of guanidine groups is 1. The maximum atomic E-state index is 12.1. The predicted molar refractivity (Wildman–Crippen MR) is 112 cm³/mol. The molecule has 3 amide bonds. The lowest BCUT2D eigenvalue weighted by Gasteiger charge is -2.39. The fourth-order valence-corrected chi connectivity index (χ4v) is 3.89. The SMILES string of the molecule is CN=C(NCCN(C)C1CC1)N1CCC(C2(C)NC(=O)NC2=O)CC1.I. The van der Waals surface area contributed by atoms with Crippen LogP contribution < -0.4 is 16.0 Å². The second kappa shape index (κ2) is 8.73. The lowest BCUT2D eigenvalue weighted by atomic mass is 9.79. The van der Waals surface area contributed by atoms with Crippen molar-refractivity contribution in [3.8, 4) is 0 Å². The average Bonchev–Trinajstić information content (AvgIpc) is 3.39. The van der Waals surface area contributed by atoms with Crippen LogP contribution in [0.2, 0.25) is 0 Å². The molecule has 148 valence electrons. The van der Waals surface area contributed by atoms with Gasteiger partial charge in [-0.05, 0) is 45.6 Å². The number of imide groups is 1. The normalized spacial score (nSPS) is 27.2. The van der Waals surface area contributed by atoms with Crippen LogP contribution in [0.3, 0.4) is 0 Å². The van der Waals surface area contributed by atoms with E-state index in [1.54, 1.807) is 0 Å². The molecule has 0 aromatic carbocycles. The third-order valence-electron chi connectivity index (χ3n) is 5.81. The van der Waals surface area contributed by atoms with Gasteiger partial charge in [0.05, 0.1) is 0 Å². The van der Waals surface area contributed by atoms with Crippen molar-refractivity contribution in [2.45, 2.75) is 44.2 Å². The molecule has 0 spiro atoms. The summed E-state index contributed by atoms with van der Waals surface area (Å²) in [6.45, 7) is 5.40. The number of likely N-dealkylation sites (N-methyl/N-ethyl adjacent to an activating group) is 1.